The molecule has 0 fully saturated rings. The van der Waals surface area contributed by atoms with Crippen LogP contribution in [0.5, 0.6) is 0 Å². The Morgan fingerprint density at radius 2 is 2.21 bits per heavy atom. The topological polar surface area (TPSA) is 68.0 Å². The maximum atomic E-state index is 12.0. The highest BCUT2D eigenvalue weighted by Crippen LogP contribution is 2.26. The van der Waals surface area contributed by atoms with Crippen molar-refractivity contribution in [2.24, 2.45) is 5.73 Å². The first-order valence-corrected chi connectivity index (χ1v) is 7.08. The van der Waals surface area contributed by atoms with Gasteiger partial charge in [0.1, 0.15) is 10.7 Å². The van der Waals surface area contributed by atoms with Gasteiger partial charge in [-0.05, 0) is 25.1 Å². The van der Waals surface area contributed by atoms with Gasteiger partial charge in [0.05, 0.1) is 16.8 Å². The van der Waals surface area contributed by atoms with Crippen molar-refractivity contribution in [1.82, 2.24) is 4.98 Å². The molecule has 0 saturated carbocycles. The number of nitrogens with one attached hydrogen (secondary N) is 1. The van der Waals surface area contributed by atoms with Crippen molar-refractivity contribution >= 4 is 46.1 Å². The quantitative estimate of drug-likeness (QED) is 0.907. The molecule has 1 aromatic heterocycles. The lowest BCUT2D eigenvalue weighted by atomic mass is 10.3. The lowest BCUT2D eigenvalue weighted by molar-refractivity contribution is 0.102. The smallest absolute Gasteiger partial charge is 0.275 e. The number of amides is 1. The van der Waals surface area contributed by atoms with Crippen LogP contribution < -0.4 is 11.1 Å². The van der Waals surface area contributed by atoms with Gasteiger partial charge in [0.2, 0.25) is 0 Å². The van der Waals surface area contributed by atoms with Gasteiger partial charge in [-0.15, -0.1) is 11.3 Å². The highest BCUT2D eigenvalue weighted by Gasteiger charge is 2.14. The Morgan fingerprint density at radius 3 is 2.79 bits per heavy atom. The minimum absolute atomic E-state index is 0.189. The summed E-state index contributed by atoms with van der Waals surface area (Å²) in [5.41, 5.74) is 6.52. The fraction of sp³-hybridized carbons (Fsp3) is 0.167. The first-order chi connectivity index (χ1) is 8.97. The van der Waals surface area contributed by atoms with Gasteiger partial charge in [-0.25, -0.2) is 4.98 Å². The van der Waals surface area contributed by atoms with Crippen LogP contribution in [0.1, 0.15) is 28.5 Å². The van der Waals surface area contributed by atoms with Crippen molar-refractivity contribution in [3.05, 3.63) is 44.3 Å². The van der Waals surface area contributed by atoms with Crippen molar-refractivity contribution in [3.63, 3.8) is 0 Å². The summed E-state index contributed by atoms with van der Waals surface area (Å²) in [6.07, 6.45) is 0. The Balaban J connectivity index is 2.16. The van der Waals surface area contributed by atoms with E-state index in [0.717, 1.165) is 0 Å². The molecule has 0 bridgehead atoms. The second-order valence-corrected chi connectivity index (χ2v) is 5.67. The third-order valence-electron chi connectivity index (χ3n) is 2.32. The molecule has 1 unspecified atom stereocenters. The van der Waals surface area contributed by atoms with Gasteiger partial charge in [0.15, 0.2) is 0 Å². The van der Waals surface area contributed by atoms with Crippen LogP contribution in [0.4, 0.5) is 5.69 Å². The monoisotopic (exact) mass is 315 g/mol. The minimum Gasteiger partial charge on any atom is -0.322 e. The molecule has 3 N–H and O–H groups in total. The number of benzene rings is 1. The predicted octanol–water partition coefficient (Wildman–Crippen LogP) is 3.72. The van der Waals surface area contributed by atoms with Crippen LogP contribution >= 0.6 is 34.5 Å². The molecule has 0 saturated heterocycles. The van der Waals surface area contributed by atoms with Crippen LogP contribution in [-0.4, -0.2) is 10.9 Å². The predicted molar refractivity (Wildman–Crippen MR) is 79.1 cm³/mol. The number of thiazole rings is 1. The maximum Gasteiger partial charge on any atom is 0.275 e. The van der Waals surface area contributed by atoms with E-state index in [-0.39, 0.29) is 11.9 Å². The van der Waals surface area contributed by atoms with Gasteiger partial charge >= 0.3 is 0 Å². The van der Waals surface area contributed by atoms with Gasteiger partial charge in [0.25, 0.3) is 5.91 Å². The number of hydrogen-bond donors (Lipinski definition) is 2. The molecular formula is C12H11Cl2N3OS. The van der Waals surface area contributed by atoms with Crippen LogP contribution in [-0.2, 0) is 0 Å². The van der Waals surface area contributed by atoms with E-state index < -0.39 is 0 Å². The maximum absolute atomic E-state index is 12.0. The number of aromatic nitrogens is 1. The van der Waals surface area contributed by atoms with E-state index >= 15 is 0 Å². The van der Waals surface area contributed by atoms with E-state index in [1.807, 2.05) is 6.92 Å². The zero-order valence-corrected chi connectivity index (χ0v) is 12.3. The summed E-state index contributed by atoms with van der Waals surface area (Å²) in [7, 11) is 0. The second-order valence-electron chi connectivity index (χ2n) is 3.94. The van der Waals surface area contributed by atoms with Crippen molar-refractivity contribution in [3.8, 4) is 0 Å². The molecule has 2 aromatic rings. The van der Waals surface area contributed by atoms with Crippen LogP contribution in [0.15, 0.2) is 23.6 Å². The molecule has 0 radical (unpaired) electrons. The second kappa shape index (κ2) is 5.88. The summed E-state index contributed by atoms with van der Waals surface area (Å²) in [5, 5.41) is 5.95. The van der Waals surface area contributed by atoms with Gasteiger partial charge in [-0.2, -0.15) is 0 Å². The number of hydrogen-bond acceptors (Lipinski definition) is 4. The fourth-order valence-corrected chi connectivity index (χ4v) is 2.59. The van der Waals surface area contributed by atoms with Crippen molar-refractivity contribution in [1.29, 1.82) is 0 Å². The van der Waals surface area contributed by atoms with Crippen molar-refractivity contribution in [2.45, 2.75) is 13.0 Å². The van der Waals surface area contributed by atoms with Gasteiger partial charge in [0, 0.05) is 10.4 Å². The summed E-state index contributed by atoms with van der Waals surface area (Å²) in [6.45, 7) is 1.82. The number of rotatable bonds is 3. The normalized spacial score (nSPS) is 12.2. The zero-order chi connectivity index (χ0) is 14.0. The molecule has 0 aliphatic heterocycles. The lowest BCUT2D eigenvalue weighted by Gasteiger charge is -2.05. The number of anilines is 1. The summed E-state index contributed by atoms with van der Waals surface area (Å²) >= 11 is 13.1. The van der Waals surface area contributed by atoms with E-state index in [1.54, 1.807) is 23.6 Å². The van der Waals surface area contributed by atoms with E-state index in [2.05, 4.69) is 10.3 Å². The van der Waals surface area contributed by atoms with E-state index in [1.165, 1.54) is 11.3 Å². The molecule has 7 heteroatoms. The number of nitrogens with two attached hydrogens (primary N) is 1. The molecule has 19 heavy (non-hydrogen) atoms. The van der Waals surface area contributed by atoms with Crippen LogP contribution in [0.3, 0.4) is 0 Å². The number of nitrogens with zero attached hydrogens (tertiary/aromatic N) is 1. The minimum atomic E-state index is -0.327. The van der Waals surface area contributed by atoms with Gasteiger partial charge in [-0.1, -0.05) is 23.2 Å². The molecule has 1 heterocycles. The van der Waals surface area contributed by atoms with Gasteiger partial charge < -0.3 is 11.1 Å². The summed E-state index contributed by atoms with van der Waals surface area (Å²) in [4.78, 5) is 16.2. The number of carbonyl (C=O) groups excluding carboxylic acids is 1. The van der Waals surface area contributed by atoms with Crippen molar-refractivity contribution < 1.29 is 4.79 Å². The lowest BCUT2D eigenvalue weighted by Crippen LogP contribution is -2.13. The zero-order valence-electron chi connectivity index (χ0n) is 9.98. The van der Waals surface area contributed by atoms with E-state index in [0.29, 0.717) is 26.4 Å². The number of halogens is 2. The van der Waals surface area contributed by atoms with Crippen LogP contribution in [0.2, 0.25) is 10.0 Å². The Bertz CT molecular complexity index is 613. The Hall–Kier alpha value is -1.14. The van der Waals surface area contributed by atoms with E-state index in [4.69, 9.17) is 28.9 Å². The molecule has 100 valence electrons. The summed E-state index contributed by atoms with van der Waals surface area (Å²) in [5.74, 6) is -0.327. The summed E-state index contributed by atoms with van der Waals surface area (Å²) < 4.78 is 0. The summed E-state index contributed by atoms with van der Waals surface area (Å²) in [6, 6.07) is 4.66. The van der Waals surface area contributed by atoms with Crippen LogP contribution in [0, 0.1) is 0 Å². The average Bonchev–Trinajstić information content (AvgIpc) is 2.82. The molecule has 0 aliphatic rings. The highest BCUT2D eigenvalue weighted by atomic mass is 35.5. The molecule has 1 aromatic carbocycles. The standard InChI is InChI=1S/C12H11Cl2N3OS/c1-6(15)12-17-10(5-19-12)11(18)16-9-3-2-7(13)4-8(9)14/h2-6H,15H2,1H3,(H,16,18). The SMILES string of the molecule is CC(N)c1nc(C(=O)Nc2ccc(Cl)cc2Cl)cs1. The van der Waals surface area contributed by atoms with Gasteiger partial charge in [-0.3, -0.25) is 4.79 Å². The first kappa shape index (κ1) is 14.3. The van der Waals surface area contributed by atoms with E-state index in [9.17, 15) is 4.79 Å². The third-order valence-corrected chi connectivity index (χ3v) is 3.92. The number of carbonyl (C=O) groups is 1. The molecule has 1 amide bonds. The average molecular weight is 316 g/mol. The van der Waals surface area contributed by atoms with Crippen LogP contribution in [0.25, 0.3) is 0 Å². The Labute approximate surface area is 124 Å². The first-order valence-electron chi connectivity index (χ1n) is 5.45. The van der Waals surface area contributed by atoms with Crippen molar-refractivity contribution in [2.75, 3.05) is 5.32 Å². The fourth-order valence-electron chi connectivity index (χ4n) is 1.38. The molecule has 2 rings (SSSR count). The molecule has 0 spiro atoms. The third kappa shape index (κ3) is 3.45. The molecule has 1 atom stereocenters. The Morgan fingerprint density at radius 1 is 1.47 bits per heavy atom. The molecule has 4 nitrogen and oxygen atoms in total. The largest absolute Gasteiger partial charge is 0.322 e. The molecule has 0 aliphatic carbocycles. The molecular weight excluding hydrogens is 305 g/mol. The highest BCUT2D eigenvalue weighted by molar-refractivity contribution is 7.09. The Kier molecular flexibility index (Phi) is 4.42.